The third-order valence-corrected chi connectivity index (χ3v) is 5.21. The van der Waals surface area contributed by atoms with Gasteiger partial charge in [0.05, 0.1) is 5.56 Å². The summed E-state index contributed by atoms with van der Waals surface area (Å²) in [6.07, 6.45) is 1.83. The number of carbonyl (C=O) groups is 1. The van der Waals surface area contributed by atoms with E-state index in [-0.39, 0.29) is 29.3 Å². The molecule has 3 rings (SSSR count). The van der Waals surface area contributed by atoms with Crippen LogP contribution in [0, 0.1) is 29.6 Å². The molecule has 0 saturated carbocycles. The summed E-state index contributed by atoms with van der Waals surface area (Å²) in [7, 11) is 0. The molecule has 0 radical (unpaired) electrons. The first-order valence-electron chi connectivity index (χ1n) is 9.08. The third-order valence-electron chi connectivity index (χ3n) is 4.23. The van der Waals surface area contributed by atoms with Gasteiger partial charge >= 0.3 is 0 Å². The van der Waals surface area contributed by atoms with Gasteiger partial charge in [-0.05, 0) is 30.2 Å². The van der Waals surface area contributed by atoms with Crippen molar-refractivity contribution in [2.45, 2.75) is 18.4 Å². The Kier molecular flexibility index (Phi) is 6.63. The van der Waals surface area contributed by atoms with E-state index in [2.05, 4.69) is 27.4 Å². The Morgan fingerprint density at radius 2 is 1.90 bits per heavy atom. The van der Waals surface area contributed by atoms with Crippen molar-refractivity contribution >= 4 is 29.3 Å². The summed E-state index contributed by atoms with van der Waals surface area (Å²) in [4.78, 5) is 20.6. The molecule has 1 aromatic carbocycles. The second kappa shape index (κ2) is 9.55. The van der Waals surface area contributed by atoms with Gasteiger partial charge in [-0.25, -0.2) is 9.97 Å². The number of nitrogens with zero attached hydrogens (tertiary/aromatic N) is 4. The van der Waals surface area contributed by atoms with Crippen LogP contribution < -0.4 is 11.1 Å². The van der Waals surface area contributed by atoms with E-state index in [0.717, 1.165) is 5.56 Å². The van der Waals surface area contributed by atoms with Gasteiger partial charge in [-0.3, -0.25) is 4.79 Å². The third kappa shape index (κ3) is 4.75. The first kappa shape index (κ1) is 20.8. The van der Waals surface area contributed by atoms with Crippen LogP contribution in [-0.2, 0) is 4.79 Å². The maximum atomic E-state index is 12.2. The fourth-order valence-electron chi connectivity index (χ4n) is 2.85. The van der Waals surface area contributed by atoms with E-state index in [4.69, 9.17) is 5.73 Å². The lowest BCUT2D eigenvalue weighted by Gasteiger charge is -2.13. The number of nitrogens with one attached hydrogen (secondary N) is 1. The van der Waals surface area contributed by atoms with Crippen LogP contribution in [0.2, 0.25) is 0 Å². The van der Waals surface area contributed by atoms with Gasteiger partial charge in [-0.2, -0.15) is 10.5 Å². The zero-order chi connectivity index (χ0) is 21.5. The van der Waals surface area contributed by atoms with Gasteiger partial charge in [0.15, 0.2) is 0 Å². The normalized spacial score (nSPS) is 10.1. The van der Waals surface area contributed by atoms with Crippen molar-refractivity contribution in [2.75, 3.05) is 16.8 Å². The number of pyridine rings is 2. The average molecular weight is 414 g/mol. The number of nitrogens with two attached hydrogens (primary N) is 1. The maximum Gasteiger partial charge on any atom is 0.226 e. The minimum Gasteiger partial charge on any atom is -0.383 e. The van der Waals surface area contributed by atoms with Crippen molar-refractivity contribution in [1.82, 2.24) is 9.97 Å². The molecular formula is C22H18N6OS. The molecule has 0 bridgehead atoms. The topological polar surface area (TPSA) is 128 Å². The Balaban J connectivity index is 1.80. The highest BCUT2D eigenvalue weighted by Crippen LogP contribution is 2.35. The molecule has 2 heterocycles. The van der Waals surface area contributed by atoms with E-state index in [9.17, 15) is 15.3 Å². The van der Waals surface area contributed by atoms with Crippen molar-refractivity contribution < 1.29 is 4.79 Å². The second-order valence-electron chi connectivity index (χ2n) is 6.38. The van der Waals surface area contributed by atoms with Crippen LogP contribution in [0.5, 0.6) is 0 Å². The SMILES string of the molecule is Cc1ccnc(NC(=O)CCSc2nc(N)c(C#N)c(-c3ccccc3)c2C#N)c1. The number of thioether (sulfide) groups is 1. The molecule has 0 spiro atoms. The van der Waals surface area contributed by atoms with Crippen LogP contribution >= 0.6 is 11.8 Å². The second-order valence-corrected chi connectivity index (χ2v) is 7.47. The molecule has 3 N–H and O–H groups in total. The monoisotopic (exact) mass is 414 g/mol. The summed E-state index contributed by atoms with van der Waals surface area (Å²) < 4.78 is 0. The van der Waals surface area contributed by atoms with Crippen LogP contribution in [0.4, 0.5) is 11.6 Å². The number of carbonyl (C=O) groups excluding carboxylic acids is 1. The zero-order valence-corrected chi connectivity index (χ0v) is 17.0. The van der Waals surface area contributed by atoms with Crippen LogP contribution in [0.15, 0.2) is 53.7 Å². The highest BCUT2D eigenvalue weighted by atomic mass is 32.2. The molecular weight excluding hydrogens is 396 g/mol. The summed E-state index contributed by atoms with van der Waals surface area (Å²) in [6, 6.07) is 17.0. The number of nitriles is 2. The van der Waals surface area contributed by atoms with E-state index in [1.165, 1.54) is 11.8 Å². The van der Waals surface area contributed by atoms with Crippen molar-refractivity contribution in [2.24, 2.45) is 0 Å². The number of hydrogen-bond acceptors (Lipinski definition) is 7. The van der Waals surface area contributed by atoms with Crippen molar-refractivity contribution in [3.05, 3.63) is 65.4 Å². The summed E-state index contributed by atoms with van der Waals surface area (Å²) in [5.41, 5.74) is 8.62. The van der Waals surface area contributed by atoms with Gasteiger partial charge in [-0.1, -0.05) is 30.3 Å². The number of benzene rings is 1. The number of hydrogen-bond donors (Lipinski definition) is 2. The van der Waals surface area contributed by atoms with Gasteiger partial charge < -0.3 is 11.1 Å². The van der Waals surface area contributed by atoms with Gasteiger partial charge in [-0.15, -0.1) is 11.8 Å². The minimum atomic E-state index is -0.191. The largest absolute Gasteiger partial charge is 0.383 e. The number of aromatic nitrogens is 2. The Morgan fingerprint density at radius 1 is 1.17 bits per heavy atom. The van der Waals surface area contributed by atoms with Gasteiger partial charge in [0.1, 0.15) is 34.4 Å². The smallest absolute Gasteiger partial charge is 0.226 e. The molecule has 2 aromatic heterocycles. The molecule has 0 unspecified atom stereocenters. The van der Waals surface area contributed by atoms with Gasteiger partial charge in [0.2, 0.25) is 5.91 Å². The van der Waals surface area contributed by atoms with E-state index >= 15 is 0 Å². The highest BCUT2D eigenvalue weighted by Gasteiger charge is 2.20. The molecule has 148 valence electrons. The molecule has 0 aliphatic heterocycles. The van der Waals surface area contributed by atoms with E-state index in [1.807, 2.05) is 43.3 Å². The fraction of sp³-hybridized carbons (Fsp3) is 0.136. The molecule has 0 atom stereocenters. The van der Waals surface area contributed by atoms with Crippen LogP contribution in [0.1, 0.15) is 23.1 Å². The number of anilines is 2. The van der Waals surface area contributed by atoms with Crippen molar-refractivity contribution in [3.63, 3.8) is 0 Å². The molecule has 0 fully saturated rings. The molecule has 0 aliphatic carbocycles. The van der Waals surface area contributed by atoms with Crippen LogP contribution in [0.25, 0.3) is 11.1 Å². The van der Waals surface area contributed by atoms with E-state index in [1.54, 1.807) is 12.3 Å². The Bertz CT molecular complexity index is 1160. The predicted molar refractivity (Wildman–Crippen MR) is 116 cm³/mol. The predicted octanol–water partition coefficient (Wildman–Crippen LogP) is 3.90. The number of nitrogen functional groups attached to an aromatic ring is 1. The lowest BCUT2D eigenvalue weighted by atomic mass is 9.97. The standard InChI is InChI=1S/C22H18N6OS/c1-14-7-9-26-18(11-14)27-19(29)8-10-30-22-17(13-24)20(15-5-3-2-4-6-15)16(12-23)21(25)28-22/h2-7,9,11H,8,10H2,1H3,(H2,25,28)(H,26,27,29). The van der Waals surface area contributed by atoms with Crippen LogP contribution in [0.3, 0.4) is 0 Å². The van der Waals surface area contributed by atoms with Crippen molar-refractivity contribution in [3.8, 4) is 23.3 Å². The molecule has 1 amide bonds. The molecule has 7 nitrogen and oxygen atoms in total. The first-order valence-corrected chi connectivity index (χ1v) is 10.1. The zero-order valence-electron chi connectivity index (χ0n) is 16.2. The van der Waals surface area contributed by atoms with E-state index < -0.39 is 0 Å². The Morgan fingerprint density at radius 3 is 2.57 bits per heavy atom. The van der Waals surface area contributed by atoms with Gasteiger partial charge in [0, 0.05) is 23.9 Å². The lowest BCUT2D eigenvalue weighted by Crippen LogP contribution is -2.13. The highest BCUT2D eigenvalue weighted by molar-refractivity contribution is 7.99. The minimum absolute atomic E-state index is 0.0614. The first-order chi connectivity index (χ1) is 14.5. The van der Waals surface area contributed by atoms with Gasteiger partial charge in [0.25, 0.3) is 0 Å². The molecule has 30 heavy (non-hydrogen) atoms. The Hall–Kier alpha value is -3.88. The quantitative estimate of drug-likeness (QED) is 0.585. The summed E-state index contributed by atoms with van der Waals surface area (Å²) >= 11 is 1.25. The van der Waals surface area contributed by atoms with E-state index in [0.29, 0.717) is 27.7 Å². The van der Waals surface area contributed by atoms with Crippen LogP contribution in [-0.4, -0.2) is 21.6 Å². The molecule has 0 saturated heterocycles. The summed E-state index contributed by atoms with van der Waals surface area (Å²) in [6.45, 7) is 1.92. The summed E-state index contributed by atoms with van der Waals surface area (Å²) in [5.74, 6) is 0.754. The lowest BCUT2D eigenvalue weighted by molar-refractivity contribution is -0.115. The number of amides is 1. The number of rotatable bonds is 6. The van der Waals surface area contributed by atoms with Crippen molar-refractivity contribution in [1.29, 1.82) is 10.5 Å². The molecule has 0 aliphatic rings. The maximum absolute atomic E-state index is 12.2. The number of aryl methyl sites for hydroxylation is 1. The fourth-order valence-corrected chi connectivity index (χ4v) is 3.78. The molecule has 8 heteroatoms. The average Bonchev–Trinajstić information content (AvgIpc) is 2.74. The molecule has 3 aromatic rings. The summed E-state index contributed by atoms with van der Waals surface area (Å²) in [5, 5.41) is 22.4. The Labute approximate surface area is 178 Å².